The maximum atomic E-state index is 12.2. The number of carbonyl (C=O) groups is 1. The van der Waals surface area contributed by atoms with Crippen molar-refractivity contribution in [2.75, 3.05) is 19.7 Å². The predicted octanol–water partition coefficient (Wildman–Crippen LogP) is 2.59. The molecule has 1 fully saturated rings. The van der Waals surface area contributed by atoms with Gasteiger partial charge in [-0.15, -0.1) is 0 Å². The molecule has 1 saturated heterocycles. The summed E-state index contributed by atoms with van der Waals surface area (Å²) in [6.07, 6.45) is -0.127. The third kappa shape index (κ3) is 4.10. The van der Waals surface area contributed by atoms with E-state index in [1.54, 1.807) is 12.1 Å². The molecule has 1 heterocycles. The Balaban J connectivity index is 1.94. The molecule has 0 saturated carbocycles. The minimum atomic E-state index is -0.312. The zero-order valence-corrected chi connectivity index (χ0v) is 13.7. The van der Waals surface area contributed by atoms with Crippen molar-refractivity contribution in [1.82, 2.24) is 10.6 Å². The summed E-state index contributed by atoms with van der Waals surface area (Å²) in [5.74, 6) is -0.0211. The van der Waals surface area contributed by atoms with E-state index in [1.165, 1.54) is 0 Å². The highest BCUT2D eigenvalue weighted by Gasteiger charge is 2.28. The van der Waals surface area contributed by atoms with Crippen LogP contribution in [0, 0.1) is 0 Å². The van der Waals surface area contributed by atoms with Crippen molar-refractivity contribution in [3.05, 3.63) is 33.8 Å². The Labute approximate surface area is 135 Å². The molecular weight excluding hydrogens is 311 g/mol. The fraction of sp³-hybridized carbons (Fsp3) is 0.533. The van der Waals surface area contributed by atoms with Gasteiger partial charge in [-0.1, -0.05) is 36.2 Å². The number of benzene rings is 1. The van der Waals surface area contributed by atoms with Gasteiger partial charge >= 0.3 is 0 Å². The van der Waals surface area contributed by atoms with E-state index in [9.17, 15) is 4.79 Å². The summed E-state index contributed by atoms with van der Waals surface area (Å²) in [6, 6.07) is 5.11. The molecule has 3 atom stereocenters. The van der Waals surface area contributed by atoms with Crippen LogP contribution in [0.4, 0.5) is 0 Å². The first-order valence-electron chi connectivity index (χ1n) is 7.07. The van der Waals surface area contributed by atoms with Crippen LogP contribution in [-0.2, 0) is 9.53 Å². The number of morpholine rings is 1. The minimum Gasteiger partial charge on any atom is -0.375 e. The Morgan fingerprint density at radius 2 is 2.14 bits per heavy atom. The van der Waals surface area contributed by atoms with Gasteiger partial charge in [-0.2, -0.15) is 0 Å². The van der Waals surface area contributed by atoms with Crippen LogP contribution in [0.1, 0.15) is 25.3 Å². The lowest BCUT2D eigenvalue weighted by Crippen LogP contribution is -2.55. The SMILES string of the molecule is CC(CNC(=O)[C@H]1NCCO[C@@H]1C)c1c(Cl)cccc1Cl. The van der Waals surface area contributed by atoms with Crippen LogP contribution < -0.4 is 10.6 Å². The highest BCUT2D eigenvalue weighted by molar-refractivity contribution is 6.36. The molecule has 6 heteroatoms. The van der Waals surface area contributed by atoms with Gasteiger partial charge < -0.3 is 15.4 Å². The molecule has 0 aromatic heterocycles. The molecule has 1 amide bonds. The second-order valence-electron chi connectivity index (χ2n) is 5.29. The molecule has 0 radical (unpaired) electrons. The van der Waals surface area contributed by atoms with Gasteiger partial charge in [0.15, 0.2) is 0 Å². The first kappa shape index (κ1) is 16.6. The monoisotopic (exact) mass is 330 g/mol. The topological polar surface area (TPSA) is 50.4 Å². The fourth-order valence-electron chi connectivity index (χ4n) is 2.47. The summed E-state index contributed by atoms with van der Waals surface area (Å²) in [7, 11) is 0. The maximum absolute atomic E-state index is 12.2. The van der Waals surface area contributed by atoms with Gasteiger partial charge in [-0.05, 0) is 24.6 Å². The number of halogens is 2. The largest absolute Gasteiger partial charge is 0.375 e. The van der Waals surface area contributed by atoms with Crippen molar-refractivity contribution in [2.24, 2.45) is 0 Å². The number of hydrogen-bond donors (Lipinski definition) is 2. The number of ether oxygens (including phenoxy) is 1. The number of hydrogen-bond acceptors (Lipinski definition) is 3. The molecule has 1 aromatic carbocycles. The summed E-state index contributed by atoms with van der Waals surface area (Å²) < 4.78 is 5.48. The van der Waals surface area contributed by atoms with E-state index < -0.39 is 0 Å². The number of carbonyl (C=O) groups excluding carboxylic acids is 1. The Morgan fingerprint density at radius 3 is 2.76 bits per heavy atom. The van der Waals surface area contributed by atoms with Gasteiger partial charge in [0, 0.05) is 29.1 Å². The van der Waals surface area contributed by atoms with E-state index in [0.717, 1.165) is 5.56 Å². The Hall–Kier alpha value is -0.810. The second-order valence-corrected chi connectivity index (χ2v) is 6.10. The summed E-state index contributed by atoms with van der Waals surface area (Å²) in [5.41, 5.74) is 0.863. The maximum Gasteiger partial charge on any atom is 0.239 e. The van der Waals surface area contributed by atoms with E-state index in [-0.39, 0.29) is 24.0 Å². The van der Waals surface area contributed by atoms with Crippen molar-refractivity contribution >= 4 is 29.1 Å². The van der Waals surface area contributed by atoms with Crippen LogP contribution >= 0.6 is 23.2 Å². The second kappa shape index (κ2) is 7.45. The molecule has 21 heavy (non-hydrogen) atoms. The zero-order chi connectivity index (χ0) is 15.4. The molecule has 1 aliphatic heterocycles. The normalized spacial score (nSPS) is 23.6. The van der Waals surface area contributed by atoms with E-state index >= 15 is 0 Å². The molecule has 0 spiro atoms. The van der Waals surface area contributed by atoms with Crippen LogP contribution in [-0.4, -0.2) is 37.7 Å². The molecule has 0 aliphatic carbocycles. The van der Waals surface area contributed by atoms with Gasteiger partial charge in [-0.25, -0.2) is 0 Å². The molecule has 2 rings (SSSR count). The smallest absolute Gasteiger partial charge is 0.239 e. The Morgan fingerprint density at radius 1 is 1.48 bits per heavy atom. The summed E-state index contributed by atoms with van der Waals surface area (Å²) in [4.78, 5) is 12.2. The molecule has 1 aliphatic rings. The van der Waals surface area contributed by atoms with Gasteiger partial charge in [0.2, 0.25) is 5.91 Å². The number of amides is 1. The highest BCUT2D eigenvalue weighted by Crippen LogP contribution is 2.30. The lowest BCUT2D eigenvalue weighted by molar-refractivity contribution is -0.128. The fourth-order valence-corrected chi connectivity index (χ4v) is 3.24. The first-order chi connectivity index (χ1) is 10.0. The zero-order valence-electron chi connectivity index (χ0n) is 12.2. The van der Waals surface area contributed by atoms with Crippen LogP contribution in [0.3, 0.4) is 0 Å². The third-order valence-electron chi connectivity index (χ3n) is 3.67. The van der Waals surface area contributed by atoms with E-state index in [0.29, 0.717) is 29.7 Å². The van der Waals surface area contributed by atoms with Crippen LogP contribution in [0.25, 0.3) is 0 Å². The van der Waals surface area contributed by atoms with Crippen molar-refractivity contribution < 1.29 is 9.53 Å². The van der Waals surface area contributed by atoms with Gasteiger partial charge in [0.25, 0.3) is 0 Å². The molecule has 4 nitrogen and oxygen atoms in total. The summed E-state index contributed by atoms with van der Waals surface area (Å²) in [5, 5.41) is 7.35. The lowest BCUT2D eigenvalue weighted by atomic mass is 10.0. The molecule has 1 unspecified atom stereocenters. The van der Waals surface area contributed by atoms with Gasteiger partial charge in [0.1, 0.15) is 6.04 Å². The number of rotatable bonds is 4. The van der Waals surface area contributed by atoms with Gasteiger partial charge in [-0.3, -0.25) is 4.79 Å². The van der Waals surface area contributed by atoms with E-state index in [2.05, 4.69) is 10.6 Å². The van der Waals surface area contributed by atoms with Crippen molar-refractivity contribution in [1.29, 1.82) is 0 Å². The van der Waals surface area contributed by atoms with E-state index in [1.807, 2.05) is 19.9 Å². The number of nitrogens with one attached hydrogen (secondary N) is 2. The standard InChI is InChI=1S/C15H20Cl2N2O2/c1-9(13-11(16)4-3-5-12(13)17)8-19-15(20)14-10(2)21-7-6-18-14/h3-5,9-10,14,18H,6-8H2,1-2H3,(H,19,20)/t9?,10-,14+/m1/s1. The Kier molecular flexibility index (Phi) is 5.88. The van der Waals surface area contributed by atoms with Crippen LogP contribution in [0.2, 0.25) is 10.0 Å². The summed E-state index contributed by atoms with van der Waals surface area (Å²) >= 11 is 12.4. The third-order valence-corrected chi connectivity index (χ3v) is 4.33. The van der Waals surface area contributed by atoms with E-state index in [4.69, 9.17) is 27.9 Å². The average molecular weight is 331 g/mol. The highest BCUT2D eigenvalue weighted by atomic mass is 35.5. The minimum absolute atomic E-state index is 0.0370. The molecular formula is C15H20Cl2N2O2. The average Bonchev–Trinajstić information content (AvgIpc) is 2.45. The van der Waals surface area contributed by atoms with Crippen LogP contribution in [0.15, 0.2) is 18.2 Å². The molecule has 2 N–H and O–H groups in total. The van der Waals surface area contributed by atoms with Crippen molar-refractivity contribution in [3.63, 3.8) is 0 Å². The van der Waals surface area contributed by atoms with Crippen molar-refractivity contribution in [2.45, 2.75) is 31.9 Å². The summed E-state index contributed by atoms with van der Waals surface area (Å²) in [6.45, 7) is 5.68. The lowest BCUT2D eigenvalue weighted by Gasteiger charge is -2.29. The predicted molar refractivity (Wildman–Crippen MR) is 85.1 cm³/mol. The quantitative estimate of drug-likeness (QED) is 0.892. The first-order valence-corrected chi connectivity index (χ1v) is 7.83. The molecule has 0 bridgehead atoms. The Bertz CT molecular complexity index is 490. The van der Waals surface area contributed by atoms with Gasteiger partial charge in [0.05, 0.1) is 12.7 Å². The van der Waals surface area contributed by atoms with Crippen molar-refractivity contribution in [3.8, 4) is 0 Å². The molecule has 116 valence electrons. The van der Waals surface area contributed by atoms with Crippen LogP contribution in [0.5, 0.6) is 0 Å². The molecule has 1 aromatic rings.